The van der Waals surface area contributed by atoms with Gasteiger partial charge in [-0.05, 0) is 32.0 Å². The maximum atomic E-state index is 12.1. The lowest BCUT2D eigenvalue weighted by atomic mass is 10.1. The van der Waals surface area contributed by atoms with E-state index >= 15 is 0 Å². The van der Waals surface area contributed by atoms with Gasteiger partial charge in [0.1, 0.15) is 17.2 Å². The zero-order chi connectivity index (χ0) is 19.8. The first-order valence-corrected chi connectivity index (χ1v) is 8.16. The van der Waals surface area contributed by atoms with E-state index in [9.17, 15) is 20.0 Å². The van der Waals surface area contributed by atoms with Crippen molar-refractivity contribution in [1.82, 2.24) is 5.43 Å². The first-order chi connectivity index (χ1) is 13.0. The largest absolute Gasteiger partial charge is 0.507 e. The number of nitrogens with zero attached hydrogens (tertiary/aromatic N) is 2. The van der Waals surface area contributed by atoms with E-state index < -0.39 is 10.8 Å². The number of ether oxygens (including phenoxy) is 2. The van der Waals surface area contributed by atoms with Crippen LogP contribution in [0.5, 0.6) is 17.2 Å². The molecule has 9 nitrogen and oxygen atoms in total. The molecule has 0 heterocycles. The summed E-state index contributed by atoms with van der Waals surface area (Å²) in [6.45, 7) is 4.65. The van der Waals surface area contributed by atoms with Crippen LogP contribution in [0.3, 0.4) is 0 Å². The summed E-state index contributed by atoms with van der Waals surface area (Å²) in [6, 6.07) is 8.32. The number of benzene rings is 2. The molecular weight excluding hydrogens is 354 g/mol. The number of carbonyl (C=O) groups excluding carboxylic acids is 1. The summed E-state index contributed by atoms with van der Waals surface area (Å²) in [7, 11) is 0. The van der Waals surface area contributed by atoms with Gasteiger partial charge in [-0.25, -0.2) is 5.43 Å². The quantitative estimate of drug-likeness (QED) is 0.417. The minimum absolute atomic E-state index is 0.252. The number of amides is 1. The third kappa shape index (κ3) is 5.18. The molecule has 2 aromatic carbocycles. The third-order valence-corrected chi connectivity index (χ3v) is 3.40. The highest BCUT2D eigenvalue weighted by atomic mass is 16.6. The Labute approximate surface area is 155 Å². The highest BCUT2D eigenvalue weighted by Crippen LogP contribution is 2.24. The molecule has 142 valence electrons. The van der Waals surface area contributed by atoms with Crippen LogP contribution in [0.15, 0.2) is 41.5 Å². The molecule has 9 heteroatoms. The number of hydrogen-bond donors (Lipinski definition) is 2. The van der Waals surface area contributed by atoms with Crippen molar-refractivity contribution in [3.63, 3.8) is 0 Å². The summed E-state index contributed by atoms with van der Waals surface area (Å²) in [6.07, 6.45) is 1.37. The van der Waals surface area contributed by atoms with Gasteiger partial charge in [0, 0.05) is 23.8 Å². The molecule has 0 aliphatic rings. The fourth-order valence-electron chi connectivity index (χ4n) is 2.20. The van der Waals surface area contributed by atoms with E-state index in [1.165, 1.54) is 6.21 Å². The van der Waals surface area contributed by atoms with E-state index in [1.807, 2.05) is 13.8 Å². The Morgan fingerprint density at radius 2 is 1.96 bits per heavy atom. The maximum absolute atomic E-state index is 12.1. The molecule has 0 fully saturated rings. The lowest BCUT2D eigenvalue weighted by Gasteiger charge is -2.10. The third-order valence-electron chi connectivity index (χ3n) is 3.40. The van der Waals surface area contributed by atoms with E-state index in [-0.39, 0.29) is 17.0 Å². The van der Waals surface area contributed by atoms with Gasteiger partial charge in [0.05, 0.1) is 29.9 Å². The highest BCUT2D eigenvalue weighted by Gasteiger charge is 2.16. The van der Waals surface area contributed by atoms with Crippen molar-refractivity contribution in [1.29, 1.82) is 0 Å². The zero-order valence-electron chi connectivity index (χ0n) is 14.8. The summed E-state index contributed by atoms with van der Waals surface area (Å²) in [5.41, 5.74) is 2.26. The highest BCUT2D eigenvalue weighted by molar-refractivity contribution is 5.98. The van der Waals surface area contributed by atoms with Crippen molar-refractivity contribution in [3.05, 3.63) is 57.6 Å². The van der Waals surface area contributed by atoms with Crippen molar-refractivity contribution in [2.75, 3.05) is 13.2 Å². The Bertz CT molecular complexity index is 866. The smallest absolute Gasteiger partial charge is 0.275 e. The Morgan fingerprint density at radius 1 is 1.22 bits per heavy atom. The number of nitro benzene ring substituents is 1. The molecule has 0 aromatic heterocycles. The van der Waals surface area contributed by atoms with Crippen LogP contribution in [-0.4, -0.2) is 35.4 Å². The summed E-state index contributed by atoms with van der Waals surface area (Å²) in [5.74, 6) is 0.00372. The standard InChI is InChI=1S/C18H19N3O6/c1-3-26-14-7-5-12(17(10-14)27-4-2)11-19-20-18(23)15-9-13(21(24)25)6-8-16(15)22/h5-11,22H,3-4H2,1-2H3,(H,20,23)/b19-11-. The molecule has 0 atom stereocenters. The molecular formula is C18H19N3O6. The molecule has 2 aromatic rings. The minimum atomic E-state index is -0.781. The number of non-ortho nitro benzene ring substituents is 1. The Morgan fingerprint density at radius 3 is 2.63 bits per heavy atom. The van der Waals surface area contributed by atoms with Gasteiger partial charge in [-0.1, -0.05) is 0 Å². The van der Waals surface area contributed by atoms with E-state index in [1.54, 1.807) is 18.2 Å². The van der Waals surface area contributed by atoms with Crippen LogP contribution in [-0.2, 0) is 0 Å². The van der Waals surface area contributed by atoms with E-state index in [0.29, 0.717) is 30.3 Å². The van der Waals surface area contributed by atoms with Crippen LogP contribution >= 0.6 is 0 Å². The molecule has 0 unspecified atom stereocenters. The second-order valence-corrected chi connectivity index (χ2v) is 5.22. The zero-order valence-corrected chi connectivity index (χ0v) is 14.8. The summed E-state index contributed by atoms with van der Waals surface area (Å²) < 4.78 is 10.9. The van der Waals surface area contributed by atoms with Crippen LogP contribution in [0, 0.1) is 10.1 Å². The number of carbonyl (C=O) groups is 1. The fourth-order valence-corrected chi connectivity index (χ4v) is 2.20. The van der Waals surface area contributed by atoms with Gasteiger partial charge in [-0.2, -0.15) is 5.10 Å². The van der Waals surface area contributed by atoms with Gasteiger partial charge >= 0.3 is 0 Å². The summed E-state index contributed by atoms with van der Waals surface area (Å²) >= 11 is 0. The average molecular weight is 373 g/mol. The monoisotopic (exact) mass is 373 g/mol. The van der Waals surface area contributed by atoms with Gasteiger partial charge < -0.3 is 14.6 Å². The molecule has 1 amide bonds. The normalized spacial score (nSPS) is 10.6. The van der Waals surface area contributed by atoms with E-state index in [0.717, 1.165) is 18.2 Å². The molecule has 0 saturated carbocycles. The number of rotatable bonds is 8. The number of nitrogens with one attached hydrogen (secondary N) is 1. The molecule has 0 radical (unpaired) electrons. The Kier molecular flexibility index (Phi) is 6.70. The van der Waals surface area contributed by atoms with Crippen LogP contribution < -0.4 is 14.9 Å². The van der Waals surface area contributed by atoms with Crippen LogP contribution in [0.2, 0.25) is 0 Å². The Balaban J connectivity index is 2.16. The summed E-state index contributed by atoms with van der Waals surface area (Å²) in [5, 5.41) is 24.4. The number of phenols is 1. The molecule has 27 heavy (non-hydrogen) atoms. The van der Waals surface area contributed by atoms with Crippen molar-refractivity contribution in [3.8, 4) is 17.2 Å². The van der Waals surface area contributed by atoms with Crippen molar-refractivity contribution >= 4 is 17.8 Å². The van der Waals surface area contributed by atoms with Crippen LogP contribution in [0.1, 0.15) is 29.8 Å². The molecule has 0 aliphatic heterocycles. The lowest BCUT2D eigenvalue weighted by Crippen LogP contribution is -2.18. The van der Waals surface area contributed by atoms with E-state index in [4.69, 9.17) is 9.47 Å². The van der Waals surface area contributed by atoms with Crippen molar-refractivity contribution in [2.45, 2.75) is 13.8 Å². The number of phenolic OH excluding ortho intramolecular Hbond substituents is 1. The number of nitro groups is 1. The summed E-state index contributed by atoms with van der Waals surface area (Å²) in [4.78, 5) is 22.3. The fraction of sp³-hybridized carbons (Fsp3) is 0.222. The first kappa shape index (κ1) is 19.7. The SMILES string of the molecule is CCOc1ccc(/C=N\NC(=O)c2cc([N+](=O)[O-])ccc2O)c(OCC)c1. The predicted molar refractivity (Wildman–Crippen MR) is 98.6 cm³/mol. The van der Waals surface area contributed by atoms with Gasteiger partial charge in [0.15, 0.2) is 0 Å². The van der Waals surface area contributed by atoms with Gasteiger partial charge in [0.2, 0.25) is 0 Å². The van der Waals surface area contributed by atoms with E-state index in [2.05, 4.69) is 10.5 Å². The molecule has 0 saturated heterocycles. The number of hydrogen-bond acceptors (Lipinski definition) is 7. The van der Waals surface area contributed by atoms with Gasteiger partial charge in [-0.15, -0.1) is 0 Å². The second kappa shape index (κ2) is 9.18. The van der Waals surface area contributed by atoms with Gasteiger partial charge in [0.25, 0.3) is 11.6 Å². The minimum Gasteiger partial charge on any atom is -0.507 e. The van der Waals surface area contributed by atoms with Crippen LogP contribution in [0.25, 0.3) is 0 Å². The van der Waals surface area contributed by atoms with Crippen molar-refractivity contribution < 1.29 is 24.3 Å². The topological polar surface area (TPSA) is 123 Å². The first-order valence-electron chi connectivity index (χ1n) is 8.16. The lowest BCUT2D eigenvalue weighted by molar-refractivity contribution is -0.384. The molecule has 0 bridgehead atoms. The van der Waals surface area contributed by atoms with Crippen molar-refractivity contribution in [2.24, 2.45) is 5.10 Å². The number of hydrazone groups is 1. The van der Waals surface area contributed by atoms with Crippen LogP contribution in [0.4, 0.5) is 5.69 Å². The maximum Gasteiger partial charge on any atom is 0.275 e. The molecule has 0 aliphatic carbocycles. The van der Waals surface area contributed by atoms with Gasteiger partial charge in [-0.3, -0.25) is 14.9 Å². The Hall–Kier alpha value is -3.62. The molecule has 2 rings (SSSR count). The molecule has 0 spiro atoms. The second-order valence-electron chi connectivity index (χ2n) is 5.22. The number of aromatic hydroxyl groups is 1. The average Bonchev–Trinajstić information content (AvgIpc) is 2.64. The molecule has 2 N–H and O–H groups in total. The predicted octanol–water partition coefficient (Wildman–Crippen LogP) is 2.86.